The van der Waals surface area contributed by atoms with Crippen molar-refractivity contribution in [2.45, 2.75) is 0 Å². The molecule has 2 aromatic carbocycles. The van der Waals surface area contributed by atoms with Crippen LogP contribution in [-0.4, -0.2) is 0 Å². The fourth-order valence-corrected chi connectivity index (χ4v) is 7.36. The Bertz CT molecular complexity index is 2030. The van der Waals surface area contributed by atoms with E-state index in [0.717, 1.165) is 65.4 Å². The zero-order chi connectivity index (χ0) is 26.7. The third kappa shape index (κ3) is 4.62. The molecule has 0 amide bonds. The van der Waals surface area contributed by atoms with E-state index in [1.165, 1.54) is 0 Å². The summed E-state index contributed by atoms with van der Waals surface area (Å²) in [5, 5.41) is 20.5. The third-order valence-electron chi connectivity index (χ3n) is 6.61. The maximum Gasteiger partial charge on any atom is 0.0497 e. The molecule has 6 aromatic rings. The molecule has 0 radical (unpaired) electrons. The van der Waals surface area contributed by atoms with Gasteiger partial charge in [0.15, 0.2) is 0 Å². The Morgan fingerprint density at radius 1 is 0.325 bits per heavy atom. The Morgan fingerprint density at radius 2 is 0.575 bits per heavy atom. The van der Waals surface area contributed by atoms with Gasteiger partial charge in [0.1, 0.15) is 0 Å². The molecule has 0 unspecified atom stereocenters. The van der Waals surface area contributed by atoms with E-state index in [9.17, 15) is 0 Å². The van der Waals surface area contributed by atoms with Gasteiger partial charge in [0.05, 0.1) is 0 Å². The summed E-state index contributed by atoms with van der Waals surface area (Å²) in [6, 6.07) is 17.1. The average Bonchev–Trinajstić information content (AvgIpc) is 3.81. The lowest BCUT2D eigenvalue weighted by atomic mass is 9.98. The van der Waals surface area contributed by atoms with Gasteiger partial charge in [-0.25, -0.2) is 0 Å². The lowest BCUT2D eigenvalue weighted by molar-refractivity contribution is 1.51. The van der Waals surface area contributed by atoms with E-state index in [1.807, 2.05) is 0 Å². The molecule has 4 heterocycles. The van der Waals surface area contributed by atoms with Crippen LogP contribution in [0.3, 0.4) is 0 Å². The zero-order valence-corrected chi connectivity index (χ0v) is 24.1. The van der Waals surface area contributed by atoms with Crippen LogP contribution >= 0.6 is 45.3 Å². The highest BCUT2D eigenvalue weighted by Gasteiger charge is 2.09. The summed E-state index contributed by atoms with van der Waals surface area (Å²) in [6.07, 6.45) is 0. The van der Waals surface area contributed by atoms with Crippen LogP contribution in [0, 0.1) is 0 Å². The van der Waals surface area contributed by atoms with E-state index in [1.54, 1.807) is 45.3 Å². The molecule has 184 valence electrons. The van der Waals surface area contributed by atoms with Crippen molar-refractivity contribution in [3.8, 4) is 44.5 Å². The van der Waals surface area contributed by atoms with Gasteiger partial charge in [0.2, 0.25) is 0 Å². The van der Waals surface area contributed by atoms with Crippen molar-refractivity contribution >= 4 is 68.3 Å². The molecule has 0 fully saturated rings. The summed E-state index contributed by atoms with van der Waals surface area (Å²) >= 11 is 6.69. The maximum absolute atomic E-state index is 3.40. The van der Waals surface area contributed by atoms with Crippen LogP contribution in [0.5, 0.6) is 0 Å². The summed E-state index contributed by atoms with van der Waals surface area (Å²) < 4.78 is 0. The Hall–Kier alpha value is -4.52. The highest BCUT2D eigenvalue weighted by molar-refractivity contribution is 7.09. The molecule has 1 aliphatic carbocycles. The molecular weight excluding hydrogens is 561 g/mol. The molecule has 4 aromatic heterocycles. The standard InChI is InChI=1S/C36H16S4/c1-2-6-34-30(26-14-18-38-22-26)11-12-32(28-16-20-40-24-28)36(34)8-4-3-7-35-31(27-15-19-39-23-27)10-9-29(33(35)5-1)25-13-17-37-21-25/h9-24H. The number of thiophene rings is 4. The van der Waals surface area contributed by atoms with Crippen LogP contribution in [0.25, 0.3) is 67.4 Å². The highest BCUT2D eigenvalue weighted by atomic mass is 32.1. The molecule has 0 bridgehead atoms. The molecule has 40 heavy (non-hydrogen) atoms. The minimum Gasteiger partial charge on any atom is -0.152 e. The van der Waals surface area contributed by atoms with Crippen LogP contribution in [0.1, 0.15) is 0 Å². The molecule has 0 saturated carbocycles. The van der Waals surface area contributed by atoms with Crippen LogP contribution in [0.15, 0.2) is 114 Å². The molecule has 0 aliphatic heterocycles. The summed E-state index contributed by atoms with van der Waals surface area (Å²) in [4.78, 5) is 0. The largest absolute Gasteiger partial charge is 0.152 e. The van der Waals surface area contributed by atoms with Gasteiger partial charge >= 0.3 is 0 Å². The second kappa shape index (κ2) is 10.9. The van der Waals surface area contributed by atoms with E-state index in [4.69, 9.17) is 0 Å². The first-order chi connectivity index (χ1) is 19.9. The van der Waals surface area contributed by atoms with Crippen molar-refractivity contribution in [2.24, 2.45) is 0 Å². The molecule has 0 saturated heterocycles. The molecule has 4 heteroatoms. The Balaban J connectivity index is 1.73. The number of benzene rings is 2. The van der Waals surface area contributed by atoms with Gasteiger partial charge in [-0.2, -0.15) is 45.3 Å². The number of hydrogen-bond donors (Lipinski definition) is 0. The predicted molar refractivity (Wildman–Crippen MR) is 172 cm³/mol. The van der Waals surface area contributed by atoms with Crippen molar-refractivity contribution in [3.63, 3.8) is 0 Å². The topological polar surface area (TPSA) is 0 Å². The molecule has 1 aliphatic rings. The SMILES string of the molecule is C1=C=C=c2c(-c3ccsc3)ccc(-c3ccsc3)c2=C=C=C=C=c2c(-c3ccsc3)ccc(-c3ccsc3)c2=C=1. The first-order valence-electron chi connectivity index (χ1n) is 12.3. The maximum atomic E-state index is 3.40. The molecule has 0 spiro atoms. The molecule has 7 rings (SSSR count). The fraction of sp³-hybridized carbons (Fsp3) is 0. The number of rotatable bonds is 4. The summed E-state index contributed by atoms with van der Waals surface area (Å²) in [5.41, 5.74) is 35.1. The second-order valence-electron chi connectivity index (χ2n) is 8.87. The van der Waals surface area contributed by atoms with Crippen molar-refractivity contribution in [3.05, 3.63) is 135 Å². The quantitative estimate of drug-likeness (QED) is 0.190. The Kier molecular flexibility index (Phi) is 6.70. The van der Waals surface area contributed by atoms with Gasteiger partial charge < -0.3 is 0 Å². The van der Waals surface area contributed by atoms with E-state index >= 15 is 0 Å². The monoisotopic (exact) mass is 576 g/mol. The molecule has 0 nitrogen and oxygen atoms in total. The van der Waals surface area contributed by atoms with Crippen LogP contribution in [0.4, 0.5) is 0 Å². The Labute approximate surface area is 246 Å². The van der Waals surface area contributed by atoms with E-state index in [0.29, 0.717) is 0 Å². The van der Waals surface area contributed by atoms with Gasteiger partial charge in [-0.15, -0.1) is 0 Å². The molecule has 0 N–H and O–H groups in total. The minimum absolute atomic E-state index is 0.886. The highest BCUT2D eigenvalue weighted by Crippen LogP contribution is 2.24. The summed E-state index contributed by atoms with van der Waals surface area (Å²) in [5.74, 6) is 0. The summed E-state index contributed by atoms with van der Waals surface area (Å²) in [6.45, 7) is 0. The van der Waals surface area contributed by atoms with Crippen LogP contribution in [-0.2, 0) is 0 Å². The molecular formula is C36H16S4. The average molecular weight is 577 g/mol. The number of hydrogen-bond acceptors (Lipinski definition) is 4. The normalized spacial score (nSPS) is 11.0. The first kappa shape index (κ1) is 24.5. The van der Waals surface area contributed by atoms with E-state index in [2.05, 4.69) is 137 Å². The third-order valence-corrected chi connectivity index (χ3v) is 9.35. The zero-order valence-electron chi connectivity index (χ0n) is 20.9. The first-order valence-corrected chi connectivity index (χ1v) is 16.1. The molecule has 0 atom stereocenters. The van der Waals surface area contributed by atoms with Crippen molar-refractivity contribution in [2.75, 3.05) is 0 Å². The minimum atomic E-state index is 0.886. The van der Waals surface area contributed by atoms with Gasteiger partial charge in [0, 0.05) is 20.9 Å². The smallest absolute Gasteiger partial charge is 0.0497 e. The number of fused-ring (bicyclic) bond motifs is 2. The lowest BCUT2D eigenvalue weighted by Crippen LogP contribution is -2.27. The van der Waals surface area contributed by atoms with Gasteiger partial charge in [-0.05, 0) is 135 Å². The fourth-order valence-electron chi connectivity index (χ4n) is 4.73. The summed E-state index contributed by atoms with van der Waals surface area (Å²) in [7, 11) is 0. The second-order valence-corrected chi connectivity index (χ2v) is 12.0. The predicted octanol–water partition coefficient (Wildman–Crippen LogP) is 7.56. The van der Waals surface area contributed by atoms with Gasteiger partial charge in [-0.1, -0.05) is 47.2 Å². The van der Waals surface area contributed by atoms with E-state index in [-0.39, 0.29) is 0 Å². The van der Waals surface area contributed by atoms with Gasteiger partial charge in [0.25, 0.3) is 0 Å². The van der Waals surface area contributed by atoms with E-state index < -0.39 is 0 Å². The Morgan fingerprint density at radius 3 is 0.775 bits per heavy atom. The van der Waals surface area contributed by atoms with Gasteiger partial charge in [-0.3, -0.25) is 0 Å². The van der Waals surface area contributed by atoms with Crippen LogP contribution < -0.4 is 20.9 Å². The lowest BCUT2D eigenvalue weighted by Gasteiger charge is -2.04. The van der Waals surface area contributed by atoms with Crippen molar-refractivity contribution in [1.82, 2.24) is 0 Å². The van der Waals surface area contributed by atoms with Crippen LogP contribution in [0.2, 0.25) is 0 Å². The van der Waals surface area contributed by atoms with Crippen molar-refractivity contribution in [1.29, 1.82) is 0 Å². The van der Waals surface area contributed by atoms with Crippen molar-refractivity contribution < 1.29 is 0 Å².